The molecule has 0 saturated carbocycles. The lowest BCUT2D eigenvalue weighted by Gasteiger charge is -2.10. The number of ether oxygens (including phenoxy) is 5. The lowest BCUT2D eigenvalue weighted by atomic mass is 10.1. The minimum atomic E-state index is -2.98. The van der Waals surface area contributed by atoms with Gasteiger partial charge in [0.2, 0.25) is 5.90 Å². The van der Waals surface area contributed by atoms with Gasteiger partial charge in [-0.3, -0.25) is 0 Å². The maximum absolute atomic E-state index is 12.4. The van der Waals surface area contributed by atoms with E-state index in [0.29, 0.717) is 22.6 Å². The van der Waals surface area contributed by atoms with Gasteiger partial charge in [0.25, 0.3) is 0 Å². The fourth-order valence-corrected chi connectivity index (χ4v) is 2.59. The Hall–Kier alpha value is -3.62. The predicted octanol–water partition coefficient (Wildman–Crippen LogP) is 3.66. The highest BCUT2D eigenvalue weighted by molar-refractivity contribution is 6.13. The summed E-state index contributed by atoms with van der Waals surface area (Å²) < 4.78 is 50.0. The first-order valence-corrected chi connectivity index (χ1v) is 8.32. The molecule has 0 radical (unpaired) electrons. The fraction of sp³-hybridized carbons (Fsp3) is 0.200. The van der Waals surface area contributed by atoms with Crippen LogP contribution in [0.5, 0.6) is 23.0 Å². The maximum atomic E-state index is 12.4. The van der Waals surface area contributed by atoms with E-state index in [9.17, 15) is 13.6 Å². The monoisotopic (exact) mass is 405 g/mol. The largest absolute Gasteiger partial charge is 0.497 e. The van der Waals surface area contributed by atoms with Crippen molar-refractivity contribution >= 4 is 17.9 Å². The molecule has 2 aromatic carbocycles. The zero-order valence-corrected chi connectivity index (χ0v) is 15.8. The van der Waals surface area contributed by atoms with Crippen LogP contribution in [0.4, 0.5) is 8.78 Å². The standard InChI is InChI=1S/C20H17F2NO6/c1-25-13-8-12(9-14(10-13)26-2)18-23-15(19(24)29-18)6-11-4-5-16(28-20(21)22)17(7-11)27-3/h4-10,20H,1-3H3/b15-6-. The van der Waals surface area contributed by atoms with E-state index < -0.39 is 12.6 Å². The van der Waals surface area contributed by atoms with Crippen LogP contribution < -0.4 is 18.9 Å². The van der Waals surface area contributed by atoms with E-state index >= 15 is 0 Å². The van der Waals surface area contributed by atoms with Crippen LogP contribution >= 0.6 is 0 Å². The first-order chi connectivity index (χ1) is 13.9. The second-order valence-electron chi connectivity index (χ2n) is 5.73. The molecule has 152 valence electrons. The number of hydrogen-bond donors (Lipinski definition) is 0. The normalized spacial score (nSPS) is 14.6. The molecule has 0 amide bonds. The maximum Gasteiger partial charge on any atom is 0.387 e. The number of halogens is 2. The van der Waals surface area contributed by atoms with Crippen molar-refractivity contribution in [3.8, 4) is 23.0 Å². The van der Waals surface area contributed by atoms with E-state index in [4.69, 9.17) is 18.9 Å². The van der Waals surface area contributed by atoms with Gasteiger partial charge < -0.3 is 23.7 Å². The van der Waals surface area contributed by atoms with E-state index in [2.05, 4.69) is 9.73 Å². The van der Waals surface area contributed by atoms with Gasteiger partial charge in [-0.05, 0) is 35.9 Å². The zero-order valence-electron chi connectivity index (χ0n) is 15.8. The molecule has 0 spiro atoms. The molecule has 0 saturated heterocycles. The zero-order chi connectivity index (χ0) is 21.0. The number of nitrogens with zero attached hydrogens (tertiary/aromatic N) is 1. The van der Waals surface area contributed by atoms with Gasteiger partial charge in [-0.25, -0.2) is 9.79 Å². The summed E-state index contributed by atoms with van der Waals surface area (Å²) in [4.78, 5) is 16.4. The van der Waals surface area contributed by atoms with Gasteiger partial charge in [0, 0.05) is 11.6 Å². The van der Waals surface area contributed by atoms with Crippen molar-refractivity contribution in [2.45, 2.75) is 6.61 Å². The van der Waals surface area contributed by atoms with Gasteiger partial charge in [-0.1, -0.05) is 6.07 Å². The predicted molar refractivity (Wildman–Crippen MR) is 99.8 cm³/mol. The number of alkyl halides is 2. The molecule has 1 aliphatic heterocycles. The minimum Gasteiger partial charge on any atom is -0.497 e. The Bertz CT molecular complexity index is 965. The summed E-state index contributed by atoms with van der Waals surface area (Å²) >= 11 is 0. The van der Waals surface area contributed by atoms with Gasteiger partial charge in [-0.2, -0.15) is 8.78 Å². The smallest absolute Gasteiger partial charge is 0.387 e. The highest BCUT2D eigenvalue weighted by atomic mass is 19.3. The number of esters is 1. The molecule has 0 aliphatic carbocycles. The van der Waals surface area contributed by atoms with Gasteiger partial charge >= 0.3 is 12.6 Å². The average molecular weight is 405 g/mol. The average Bonchev–Trinajstić information content (AvgIpc) is 3.08. The van der Waals surface area contributed by atoms with Crippen molar-refractivity contribution in [3.05, 3.63) is 53.2 Å². The number of methoxy groups -OCH3 is 3. The summed E-state index contributed by atoms with van der Waals surface area (Å²) in [6.07, 6.45) is 1.45. The number of benzene rings is 2. The number of hydrogen-bond acceptors (Lipinski definition) is 7. The fourth-order valence-electron chi connectivity index (χ4n) is 2.59. The van der Waals surface area contributed by atoms with Gasteiger partial charge in [0.05, 0.1) is 21.3 Å². The third-order valence-corrected chi connectivity index (χ3v) is 3.93. The molecule has 1 heterocycles. The lowest BCUT2D eigenvalue weighted by Crippen LogP contribution is -2.06. The van der Waals surface area contributed by atoms with Crippen LogP contribution in [0.2, 0.25) is 0 Å². The molecule has 7 nitrogen and oxygen atoms in total. The summed E-state index contributed by atoms with van der Waals surface area (Å²) in [7, 11) is 4.32. The lowest BCUT2D eigenvalue weighted by molar-refractivity contribution is -0.129. The molecule has 0 atom stereocenters. The molecule has 0 bridgehead atoms. The van der Waals surface area contributed by atoms with Crippen LogP contribution in [0.1, 0.15) is 11.1 Å². The molecule has 0 N–H and O–H groups in total. The Morgan fingerprint density at radius 3 is 2.24 bits per heavy atom. The quantitative estimate of drug-likeness (QED) is 0.517. The summed E-state index contributed by atoms with van der Waals surface area (Å²) in [5.41, 5.74) is 1.02. The van der Waals surface area contributed by atoms with Crippen molar-refractivity contribution in [3.63, 3.8) is 0 Å². The van der Waals surface area contributed by atoms with E-state index in [1.54, 1.807) is 18.2 Å². The number of rotatable bonds is 7. The van der Waals surface area contributed by atoms with Crippen LogP contribution in [0, 0.1) is 0 Å². The second kappa shape index (κ2) is 8.59. The summed E-state index contributed by atoms with van der Waals surface area (Å²) in [6, 6.07) is 9.22. The van der Waals surface area contributed by atoms with Gasteiger partial charge in [0.1, 0.15) is 11.5 Å². The number of aliphatic imine (C=N–C) groups is 1. The van der Waals surface area contributed by atoms with Gasteiger partial charge in [-0.15, -0.1) is 0 Å². The first kappa shape index (κ1) is 20.1. The molecule has 1 aliphatic rings. The molecule has 2 aromatic rings. The van der Waals surface area contributed by atoms with Crippen molar-refractivity contribution in [2.24, 2.45) is 4.99 Å². The first-order valence-electron chi connectivity index (χ1n) is 8.32. The molecule has 29 heavy (non-hydrogen) atoms. The molecule has 0 unspecified atom stereocenters. The third kappa shape index (κ3) is 4.63. The Morgan fingerprint density at radius 1 is 0.966 bits per heavy atom. The highest BCUT2D eigenvalue weighted by Gasteiger charge is 2.25. The van der Waals surface area contributed by atoms with E-state index in [1.165, 1.54) is 45.6 Å². The molecule has 0 fully saturated rings. The molecular weight excluding hydrogens is 388 g/mol. The minimum absolute atomic E-state index is 0.0337. The van der Waals surface area contributed by atoms with E-state index in [1.807, 2.05) is 0 Å². The van der Waals surface area contributed by atoms with Crippen molar-refractivity contribution < 1.29 is 37.3 Å². The highest BCUT2D eigenvalue weighted by Crippen LogP contribution is 2.31. The van der Waals surface area contributed by atoms with Gasteiger partial charge in [0.15, 0.2) is 17.2 Å². The summed E-state index contributed by atoms with van der Waals surface area (Å²) in [6.45, 7) is -2.98. The Balaban J connectivity index is 1.93. The van der Waals surface area contributed by atoms with Crippen molar-refractivity contribution in [1.29, 1.82) is 0 Å². The van der Waals surface area contributed by atoms with Crippen LogP contribution in [-0.2, 0) is 9.53 Å². The molecular formula is C20H17F2NO6. The van der Waals surface area contributed by atoms with E-state index in [0.717, 1.165) is 0 Å². The number of carbonyl (C=O) groups excluding carboxylic acids is 1. The van der Waals surface area contributed by atoms with Crippen LogP contribution in [0.15, 0.2) is 47.1 Å². The van der Waals surface area contributed by atoms with Crippen LogP contribution in [-0.4, -0.2) is 39.8 Å². The number of carbonyl (C=O) groups is 1. The Morgan fingerprint density at radius 2 is 1.66 bits per heavy atom. The Labute approximate surface area is 165 Å². The second-order valence-corrected chi connectivity index (χ2v) is 5.73. The topological polar surface area (TPSA) is 75.6 Å². The van der Waals surface area contributed by atoms with Crippen LogP contribution in [0.25, 0.3) is 6.08 Å². The molecule has 3 rings (SSSR count). The molecule has 9 heteroatoms. The molecule has 0 aromatic heterocycles. The Kier molecular flexibility index (Phi) is 5.96. The van der Waals surface area contributed by atoms with Crippen molar-refractivity contribution in [1.82, 2.24) is 0 Å². The number of cyclic esters (lactones) is 1. The van der Waals surface area contributed by atoms with Crippen molar-refractivity contribution in [2.75, 3.05) is 21.3 Å². The SMILES string of the molecule is COc1cc(OC)cc(C2=N/C(=C\c3ccc(OC(F)F)c(OC)c3)C(=O)O2)c1. The summed E-state index contributed by atoms with van der Waals surface area (Å²) in [5.74, 6) is 0.417. The summed E-state index contributed by atoms with van der Waals surface area (Å²) in [5, 5.41) is 0. The van der Waals surface area contributed by atoms with Crippen LogP contribution in [0.3, 0.4) is 0 Å². The third-order valence-electron chi connectivity index (χ3n) is 3.93. The van der Waals surface area contributed by atoms with E-state index in [-0.39, 0.29) is 23.1 Å².